The molecule has 1 aliphatic rings. The lowest BCUT2D eigenvalue weighted by Crippen LogP contribution is -2.40. The van der Waals surface area contributed by atoms with Crippen molar-refractivity contribution >= 4 is 33.4 Å². The lowest BCUT2D eigenvalue weighted by molar-refractivity contribution is -0.132. The lowest BCUT2D eigenvalue weighted by atomic mass is 10.1. The summed E-state index contributed by atoms with van der Waals surface area (Å²) in [7, 11) is 0. The topological polar surface area (TPSA) is 49.4 Å². The highest BCUT2D eigenvalue weighted by Crippen LogP contribution is 2.30. The summed E-state index contributed by atoms with van der Waals surface area (Å²) in [6.07, 6.45) is 1.44. The maximum atomic E-state index is 12.5. The van der Waals surface area contributed by atoms with E-state index in [1.807, 2.05) is 39.0 Å². The molecule has 1 saturated heterocycles. The Morgan fingerprint density at radius 1 is 1.52 bits per heavy atom. The van der Waals surface area contributed by atoms with Crippen molar-refractivity contribution in [2.45, 2.75) is 39.7 Å². The number of amides is 2. The number of carbonyl (C=O) groups excluding carboxylic acids is 2. The molecule has 21 heavy (non-hydrogen) atoms. The van der Waals surface area contributed by atoms with E-state index in [9.17, 15) is 9.59 Å². The first kappa shape index (κ1) is 16.0. The van der Waals surface area contributed by atoms with Crippen LogP contribution in [0.2, 0.25) is 0 Å². The van der Waals surface area contributed by atoms with Crippen molar-refractivity contribution in [2.75, 3.05) is 11.4 Å². The van der Waals surface area contributed by atoms with E-state index in [-0.39, 0.29) is 17.9 Å². The second-order valence-corrected chi connectivity index (χ2v) is 6.50. The SMILES string of the molecule is CC[C@H](C)NC(=O)[C@@H]1CCN(c2ccc(Br)cc2C)C1=O. The third-order valence-electron chi connectivity index (χ3n) is 3.97. The Kier molecular flexibility index (Phi) is 5.04. The largest absolute Gasteiger partial charge is 0.353 e. The maximum Gasteiger partial charge on any atom is 0.239 e. The second-order valence-electron chi connectivity index (χ2n) is 5.58. The Morgan fingerprint density at radius 3 is 2.86 bits per heavy atom. The smallest absolute Gasteiger partial charge is 0.239 e. The maximum absolute atomic E-state index is 12.5. The molecule has 0 aliphatic carbocycles. The molecular formula is C16H21BrN2O2. The number of hydrogen-bond acceptors (Lipinski definition) is 2. The van der Waals surface area contributed by atoms with Crippen LogP contribution in [0.3, 0.4) is 0 Å². The third-order valence-corrected chi connectivity index (χ3v) is 4.47. The van der Waals surface area contributed by atoms with Crippen LogP contribution in [0, 0.1) is 12.8 Å². The first-order valence-corrected chi connectivity index (χ1v) is 8.11. The van der Waals surface area contributed by atoms with Crippen molar-refractivity contribution in [2.24, 2.45) is 5.92 Å². The minimum atomic E-state index is -0.554. The Morgan fingerprint density at radius 2 is 2.24 bits per heavy atom. The zero-order valence-electron chi connectivity index (χ0n) is 12.6. The van der Waals surface area contributed by atoms with Gasteiger partial charge in [0.25, 0.3) is 0 Å². The van der Waals surface area contributed by atoms with Crippen LogP contribution in [-0.2, 0) is 9.59 Å². The predicted molar refractivity (Wildman–Crippen MR) is 87.2 cm³/mol. The highest BCUT2D eigenvalue weighted by Gasteiger charge is 2.38. The number of hydrogen-bond donors (Lipinski definition) is 1. The van der Waals surface area contributed by atoms with Crippen LogP contribution in [-0.4, -0.2) is 24.4 Å². The van der Waals surface area contributed by atoms with Crippen LogP contribution in [0.5, 0.6) is 0 Å². The molecule has 2 rings (SSSR count). The van der Waals surface area contributed by atoms with Crippen LogP contribution in [0.25, 0.3) is 0 Å². The minimum Gasteiger partial charge on any atom is -0.353 e. The van der Waals surface area contributed by atoms with Gasteiger partial charge in [-0.05, 0) is 50.5 Å². The van der Waals surface area contributed by atoms with Gasteiger partial charge in [0.2, 0.25) is 11.8 Å². The quantitative estimate of drug-likeness (QED) is 0.846. The monoisotopic (exact) mass is 352 g/mol. The van der Waals surface area contributed by atoms with Crippen molar-refractivity contribution in [1.29, 1.82) is 0 Å². The van der Waals surface area contributed by atoms with Gasteiger partial charge >= 0.3 is 0 Å². The normalized spacial score (nSPS) is 19.7. The van der Waals surface area contributed by atoms with E-state index in [2.05, 4.69) is 21.2 Å². The lowest BCUT2D eigenvalue weighted by Gasteiger charge is -2.20. The molecule has 0 spiro atoms. The minimum absolute atomic E-state index is 0.0961. The molecule has 1 aromatic carbocycles. The number of halogens is 1. The molecule has 0 saturated carbocycles. The van der Waals surface area contributed by atoms with E-state index in [4.69, 9.17) is 0 Å². The number of aryl methyl sites for hydroxylation is 1. The van der Waals surface area contributed by atoms with Crippen LogP contribution in [0.15, 0.2) is 22.7 Å². The summed E-state index contributed by atoms with van der Waals surface area (Å²) in [4.78, 5) is 26.4. The molecule has 1 heterocycles. The van der Waals surface area contributed by atoms with Gasteiger partial charge in [0.05, 0.1) is 0 Å². The van der Waals surface area contributed by atoms with Gasteiger partial charge < -0.3 is 10.2 Å². The Bertz CT molecular complexity index is 559. The number of rotatable bonds is 4. The van der Waals surface area contributed by atoms with Crippen molar-refractivity contribution in [1.82, 2.24) is 5.32 Å². The molecule has 1 N–H and O–H groups in total. The van der Waals surface area contributed by atoms with Gasteiger partial charge in [-0.3, -0.25) is 9.59 Å². The molecule has 0 aromatic heterocycles. The van der Waals surface area contributed by atoms with Crippen LogP contribution in [0.4, 0.5) is 5.69 Å². The molecular weight excluding hydrogens is 332 g/mol. The fourth-order valence-corrected chi connectivity index (χ4v) is 3.01. The van der Waals surface area contributed by atoms with Gasteiger partial charge in [0.15, 0.2) is 0 Å². The fraction of sp³-hybridized carbons (Fsp3) is 0.500. The first-order chi connectivity index (χ1) is 9.93. The molecule has 114 valence electrons. The number of nitrogens with one attached hydrogen (secondary N) is 1. The molecule has 0 radical (unpaired) electrons. The van der Waals surface area contributed by atoms with Crippen molar-refractivity contribution in [3.8, 4) is 0 Å². The Hall–Kier alpha value is -1.36. The van der Waals surface area contributed by atoms with E-state index in [1.165, 1.54) is 0 Å². The average Bonchev–Trinajstić information content (AvgIpc) is 2.80. The van der Waals surface area contributed by atoms with Crippen LogP contribution < -0.4 is 10.2 Å². The summed E-state index contributed by atoms with van der Waals surface area (Å²) < 4.78 is 0.987. The summed E-state index contributed by atoms with van der Waals surface area (Å²) in [5.74, 6) is -0.796. The number of carbonyl (C=O) groups is 2. The van der Waals surface area contributed by atoms with E-state index >= 15 is 0 Å². The summed E-state index contributed by atoms with van der Waals surface area (Å²) in [5, 5.41) is 2.90. The number of anilines is 1. The molecule has 0 bridgehead atoms. The Labute approximate surface area is 134 Å². The molecule has 2 amide bonds. The molecule has 4 nitrogen and oxygen atoms in total. The third kappa shape index (κ3) is 3.46. The molecule has 2 atom stereocenters. The number of benzene rings is 1. The second kappa shape index (κ2) is 6.60. The summed E-state index contributed by atoms with van der Waals surface area (Å²) in [6, 6.07) is 5.93. The van der Waals surface area contributed by atoms with E-state index < -0.39 is 5.92 Å². The Balaban J connectivity index is 2.13. The van der Waals surface area contributed by atoms with Crippen molar-refractivity contribution < 1.29 is 9.59 Å². The molecule has 0 unspecified atom stereocenters. The molecule has 1 fully saturated rings. The molecule has 1 aliphatic heterocycles. The van der Waals surface area contributed by atoms with Gasteiger partial charge in [-0.1, -0.05) is 22.9 Å². The van der Waals surface area contributed by atoms with E-state index in [0.29, 0.717) is 13.0 Å². The standard InChI is InChI=1S/C16H21BrN2O2/c1-4-11(3)18-15(20)13-7-8-19(16(13)21)14-6-5-12(17)9-10(14)2/h5-6,9,11,13H,4,7-8H2,1-3H3,(H,18,20)/t11-,13-/m0/s1. The fourth-order valence-electron chi connectivity index (χ4n) is 2.53. The zero-order valence-corrected chi connectivity index (χ0v) is 14.2. The van der Waals surface area contributed by atoms with Gasteiger partial charge in [-0.2, -0.15) is 0 Å². The number of nitrogens with zero attached hydrogens (tertiary/aromatic N) is 1. The van der Waals surface area contributed by atoms with E-state index in [0.717, 1.165) is 22.1 Å². The highest BCUT2D eigenvalue weighted by atomic mass is 79.9. The summed E-state index contributed by atoms with van der Waals surface area (Å²) in [5.41, 5.74) is 1.92. The first-order valence-electron chi connectivity index (χ1n) is 7.32. The van der Waals surface area contributed by atoms with Crippen LogP contribution in [0.1, 0.15) is 32.3 Å². The van der Waals surface area contributed by atoms with Crippen molar-refractivity contribution in [3.63, 3.8) is 0 Å². The molecule has 1 aromatic rings. The highest BCUT2D eigenvalue weighted by molar-refractivity contribution is 9.10. The van der Waals surface area contributed by atoms with Gasteiger partial charge in [-0.15, -0.1) is 0 Å². The predicted octanol–water partition coefficient (Wildman–Crippen LogP) is 3.03. The van der Waals surface area contributed by atoms with Crippen LogP contribution >= 0.6 is 15.9 Å². The molecule has 5 heteroatoms. The van der Waals surface area contributed by atoms with E-state index in [1.54, 1.807) is 4.90 Å². The van der Waals surface area contributed by atoms with Gasteiger partial charge in [0.1, 0.15) is 5.92 Å². The van der Waals surface area contributed by atoms with Gasteiger partial charge in [0, 0.05) is 22.7 Å². The average molecular weight is 353 g/mol. The van der Waals surface area contributed by atoms with Crippen molar-refractivity contribution in [3.05, 3.63) is 28.2 Å². The zero-order chi connectivity index (χ0) is 15.6. The van der Waals surface area contributed by atoms with Gasteiger partial charge in [-0.25, -0.2) is 0 Å². The summed E-state index contributed by atoms with van der Waals surface area (Å²) >= 11 is 3.42. The summed E-state index contributed by atoms with van der Waals surface area (Å²) in [6.45, 7) is 6.53.